The van der Waals surface area contributed by atoms with Crippen molar-refractivity contribution in [2.75, 3.05) is 52.3 Å². The van der Waals surface area contributed by atoms with Crippen LogP contribution in [0, 0.1) is 0 Å². The van der Waals surface area contributed by atoms with E-state index in [2.05, 4.69) is 15.6 Å². The highest BCUT2D eigenvalue weighted by molar-refractivity contribution is 6.31. The number of nitrogens with zero attached hydrogens (tertiary/aromatic N) is 3. The van der Waals surface area contributed by atoms with Gasteiger partial charge in [-0.05, 0) is 24.6 Å². The van der Waals surface area contributed by atoms with Crippen LogP contribution in [0.25, 0.3) is 0 Å². The Balaban J connectivity index is 0.000000383. The first kappa shape index (κ1) is 27.8. The maximum Gasteiger partial charge on any atom is 0.422 e. The number of rotatable bonds is 6. The predicted octanol–water partition coefficient (Wildman–Crippen LogP) is 2.50. The summed E-state index contributed by atoms with van der Waals surface area (Å²) < 4.78 is 47.1. The first-order valence-electron chi connectivity index (χ1n) is 11.3. The van der Waals surface area contributed by atoms with E-state index in [1.54, 1.807) is 37.3 Å². The summed E-state index contributed by atoms with van der Waals surface area (Å²) in [5.74, 6) is 0.493. The third kappa shape index (κ3) is 6.68. The Kier molecular flexibility index (Phi) is 9.20. The number of morpholine rings is 1. The van der Waals surface area contributed by atoms with Gasteiger partial charge in [0, 0.05) is 44.5 Å². The molecule has 2 N–H and O–H groups in total. The number of halogens is 4. The van der Waals surface area contributed by atoms with Gasteiger partial charge in [0.05, 0.1) is 31.8 Å². The first-order valence-corrected chi connectivity index (χ1v) is 11.7. The van der Waals surface area contributed by atoms with Crippen molar-refractivity contribution in [1.82, 2.24) is 20.1 Å². The number of aldehydes is 1. The lowest BCUT2D eigenvalue weighted by Gasteiger charge is -2.34. The zero-order valence-corrected chi connectivity index (χ0v) is 20.9. The summed E-state index contributed by atoms with van der Waals surface area (Å²) in [6.07, 6.45) is -0.423. The molecule has 0 bridgehead atoms. The van der Waals surface area contributed by atoms with Crippen LogP contribution in [0.1, 0.15) is 22.8 Å². The van der Waals surface area contributed by atoms with Gasteiger partial charge in [-0.2, -0.15) is 13.2 Å². The molecule has 0 saturated carbocycles. The van der Waals surface area contributed by atoms with Crippen molar-refractivity contribution in [2.24, 2.45) is 0 Å². The molecule has 1 fully saturated rings. The Morgan fingerprint density at radius 3 is 2.72 bits per heavy atom. The van der Waals surface area contributed by atoms with E-state index in [4.69, 9.17) is 21.1 Å². The van der Waals surface area contributed by atoms with Crippen molar-refractivity contribution in [3.63, 3.8) is 0 Å². The molecule has 198 valence electrons. The first-order chi connectivity index (χ1) is 17.1. The fourth-order valence-electron chi connectivity index (χ4n) is 4.03. The van der Waals surface area contributed by atoms with Crippen molar-refractivity contribution in [1.29, 1.82) is 0 Å². The lowest BCUT2D eigenvalue weighted by atomic mass is 10.0. The molecule has 4 rings (SSSR count). The molecular weight excluding hydrogens is 503 g/mol. The molecule has 0 spiro atoms. The van der Waals surface area contributed by atoms with Gasteiger partial charge in [0.15, 0.2) is 6.61 Å². The lowest BCUT2D eigenvalue weighted by molar-refractivity contribution is -0.169. The number of hydrogen-bond donors (Lipinski definition) is 2. The molecule has 3 aliphatic heterocycles. The van der Waals surface area contributed by atoms with E-state index in [-0.39, 0.29) is 28.9 Å². The number of aromatic nitrogens is 1. The highest BCUT2D eigenvalue weighted by Gasteiger charge is 2.36. The number of carbonyl (C=O) groups excluding carboxylic acids is 2. The van der Waals surface area contributed by atoms with Crippen molar-refractivity contribution < 1.29 is 32.2 Å². The van der Waals surface area contributed by atoms with Gasteiger partial charge in [-0.1, -0.05) is 11.6 Å². The normalized spacial score (nSPS) is 20.8. The summed E-state index contributed by atoms with van der Waals surface area (Å²) in [6.45, 7) is 3.18. The van der Waals surface area contributed by atoms with Crippen molar-refractivity contribution in [3.05, 3.63) is 46.0 Å². The zero-order valence-electron chi connectivity index (χ0n) is 20.2. The number of alkyl halides is 3. The standard InChI is InChI=1S/C18H20ClF3N4O2.C5H9NO2/c1-10(26-8-13-12(16(26)27)4-5-24-15(13)23-2)11-6-14(19)17(25(3)7-11)28-9-18(20,21)22;7-3-5-4-8-2-1-6-5/h4-6,10H,7-9H2,1-3H3,(H,23,24);3,5-6H,1-2,4H2. The summed E-state index contributed by atoms with van der Waals surface area (Å²) in [5.41, 5.74) is 2.21. The predicted molar refractivity (Wildman–Crippen MR) is 127 cm³/mol. The van der Waals surface area contributed by atoms with Gasteiger partial charge in [0.2, 0.25) is 5.88 Å². The van der Waals surface area contributed by atoms with Gasteiger partial charge in [-0.3, -0.25) is 4.79 Å². The number of nitrogens with one attached hydrogen (secondary N) is 2. The van der Waals surface area contributed by atoms with E-state index in [9.17, 15) is 22.8 Å². The van der Waals surface area contributed by atoms with Crippen LogP contribution in [-0.2, 0) is 20.8 Å². The van der Waals surface area contributed by atoms with Crippen LogP contribution < -0.4 is 10.6 Å². The van der Waals surface area contributed by atoms with Gasteiger partial charge in [-0.15, -0.1) is 0 Å². The molecule has 0 aliphatic carbocycles. The second-order valence-corrected chi connectivity index (χ2v) is 8.86. The lowest BCUT2D eigenvalue weighted by Crippen LogP contribution is -2.42. The maximum absolute atomic E-state index is 12.8. The smallest absolute Gasteiger partial charge is 0.422 e. The minimum atomic E-state index is -4.45. The van der Waals surface area contributed by atoms with Gasteiger partial charge in [0.1, 0.15) is 17.1 Å². The topological polar surface area (TPSA) is 96.0 Å². The van der Waals surface area contributed by atoms with Crippen LogP contribution in [0.2, 0.25) is 0 Å². The van der Waals surface area contributed by atoms with E-state index >= 15 is 0 Å². The van der Waals surface area contributed by atoms with Crippen molar-refractivity contribution >= 4 is 29.6 Å². The fraction of sp³-hybridized carbons (Fsp3) is 0.522. The second kappa shape index (κ2) is 11.9. The molecule has 1 aromatic heterocycles. The number of fused-ring (bicyclic) bond motifs is 1. The Morgan fingerprint density at radius 2 is 2.17 bits per heavy atom. The van der Waals surface area contributed by atoms with Gasteiger partial charge < -0.3 is 34.7 Å². The number of likely N-dealkylation sites (N-methyl/N-ethyl adjacent to an activating group) is 1. The highest BCUT2D eigenvalue weighted by Crippen LogP contribution is 2.33. The monoisotopic (exact) mass is 531 g/mol. The summed E-state index contributed by atoms with van der Waals surface area (Å²) in [5, 5.41) is 6.03. The van der Waals surface area contributed by atoms with E-state index < -0.39 is 12.8 Å². The molecule has 1 aromatic rings. The number of allylic oxidation sites excluding steroid dienone is 2. The van der Waals surface area contributed by atoms with Gasteiger partial charge in [-0.25, -0.2) is 4.98 Å². The summed E-state index contributed by atoms with van der Waals surface area (Å²) in [4.78, 5) is 30.3. The van der Waals surface area contributed by atoms with Gasteiger partial charge >= 0.3 is 6.18 Å². The van der Waals surface area contributed by atoms with Crippen molar-refractivity contribution in [3.8, 4) is 0 Å². The molecule has 2 unspecified atom stereocenters. The van der Waals surface area contributed by atoms with E-state index in [0.29, 0.717) is 31.1 Å². The molecule has 9 nitrogen and oxygen atoms in total. The number of amides is 1. The molecule has 36 heavy (non-hydrogen) atoms. The number of hydrogen-bond acceptors (Lipinski definition) is 8. The Labute approximate surface area is 212 Å². The number of carbonyl (C=O) groups is 2. The van der Waals surface area contributed by atoms with Crippen LogP contribution in [0.4, 0.5) is 19.0 Å². The van der Waals surface area contributed by atoms with E-state index in [1.807, 2.05) is 6.92 Å². The third-order valence-corrected chi connectivity index (χ3v) is 6.16. The molecule has 1 amide bonds. The number of anilines is 1. The average Bonchev–Trinajstić information content (AvgIpc) is 3.19. The second-order valence-electron chi connectivity index (χ2n) is 8.45. The summed E-state index contributed by atoms with van der Waals surface area (Å²) in [6, 6.07) is 1.32. The zero-order chi connectivity index (χ0) is 26.5. The molecule has 0 aromatic carbocycles. The van der Waals surface area contributed by atoms with Crippen LogP contribution in [-0.4, -0.2) is 92.2 Å². The van der Waals surface area contributed by atoms with Crippen LogP contribution in [0.3, 0.4) is 0 Å². The fourth-order valence-corrected chi connectivity index (χ4v) is 4.37. The van der Waals surface area contributed by atoms with Crippen LogP contribution in [0.15, 0.2) is 34.8 Å². The van der Waals surface area contributed by atoms with Crippen LogP contribution in [0.5, 0.6) is 0 Å². The third-order valence-electron chi connectivity index (χ3n) is 5.89. The Bertz CT molecular complexity index is 1030. The molecule has 13 heteroatoms. The molecule has 4 heterocycles. The SMILES string of the molecule is CNc1nccc2c1CN(C(C)C1=CC(Cl)=C(OCC(F)(F)F)N(C)C1)C2=O.O=CC1COCCN1. The minimum Gasteiger partial charge on any atom is -0.468 e. The maximum atomic E-state index is 12.8. The minimum absolute atomic E-state index is 0.0346. The van der Waals surface area contributed by atoms with Crippen LogP contribution >= 0.6 is 11.6 Å². The number of pyridine rings is 1. The highest BCUT2D eigenvalue weighted by atomic mass is 35.5. The van der Waals surface area contributed by atoms with Crippen molar-refractivity contribution in [2.45, 2.75) is 31.7 Å². The summed E-state index contributed by atoms with van der Waals surface area (Å²) >= 11 is 6.17. The molecular formula is C23H29ClF3N5O4. The molecule has 3 aliphatic rings. The molecule has 1 saturated heterocycles. The molecule has 2 atom stereocenters. The summed E-state index contributed by atoms with van der Waals surface area (Å²) in [7, 11) is 3.34. The number of ether oxygens (including phenoxy) is 2. The van der Waals surface area contributed by atoms with E-state index in [0.717, 1.165) is 30.6 Å². The Morgan fingerprint density at radius 1 is 1.42 bits per heavy atom. The van der Waals surface area contributed by atoms with E-state index in [1.165, 1.54) is 4.90 Å². The largest absolute Gasteiger partial charge is 0.468 e. The molecule has 0 radical (unpaired) electrons. The van der Waals surface area contributed by atoms with Gasteiger partial charge in [0.25, 0.3) is 5.91 Å². The quantitative estimate of drug-likeness (QED) is 0.541. The average molecular weight is 532 g/mol. The Hall–Kier alpha value is -2.83.